The number of thioether (sulfide) groups is 2. The number of methoxy groups -OCH3 is 1. The van der Waals surface area contributed by atoms with Gasteiger partial charge in [0.15, 0.2) is 5.16 Å². The Balaban J connectivity index is 1.77. The lowest BCUT2D eigenvalue weighted by Gasteiger charge is -2.14. The zero-order valence-electron chi connectivity index (χ0n) is 16.6. The zero-order valence-corrected chi connectivity index (χ0v) is 18.2. The number of nitrogens with zero attached hydrogens (tertiary/aromatic N) is 2. The molecule has 1 aliphatic heterocycles. The Hall–Kier alpha value is -1.77. The summed E-state index contributed by atoms with van der Waals surface area (Å²) < 4.78 is 6.77. The van der Waals surface area contributed by atoms with Crippen LogP contribution in [0.15, 0.2) is 33.0 Å². The maximum absolute atomic E-state index is 12.9. The summed E-state index contributed by atoms with van der Waals surface area (Å²) in [6, 6.07) is 5.84. The number of carbonyl (C=O) groups is 1. The van der Waals surface area contributed by atoms with Gasteiger partial charge in [0.05, 0.1) is 29.5 Å². The van der Waals surface area contributed by atoms with Crippen molar-refractivity contribution in [1.82, 2.24) is 9.55 Å². The van der Waals surface area contributed by atoms with Crippen LogP contribution in [0.25, 0.3) is 0 Å². The fraction of sp³-hybridized carbons (Fsp3) is 0.450. The number of aryl methyl sites for hydroxylation is 1. The van der Waals surface area contributed by atoms with E-state index in [-0.39, 0.29) is 17.2 Å². The summed E-state index contributed by atoms with van der Waals surface area (Å²) in [5.74, 6) is 0.0726. The Bertz CT molecular complexity index is 943. The Labute approximate surface area is 173 Å². The van der Waals surface area contributed by atoms with Crippen LogP contribution < -0.4 is 10.9 Å². The molecule has 150 valence electrons. The third-order valence-electron chi connectivity index (χ3n) is 4.69. The van der Waals surface area contributed by atoms with Gasteiger partial charge < -0.3 is 10.1 Å². The number of rotatable bonds is 7. The molecule has 0 spiro atoms. The number of hydrogen-bond acceptors (Lipinski definition) is 6. The summed E-state index contributed by atoms with van der Waals surface area (Å²) in [7, 11) is 1.60. The van der Waals surface area contributed by atoms with Gasteiger partial charge >= 0.3 is 0 Å². The van der Waals surface area contributed by atoms with Crippen molar-refractivity contribution in [1.29, 1.82) is 0 Å². The van der Waals surface area contributed by atoms with E-state index in [2.05, 4.69) is 12.2 Å². The van der Waals surface area contributed by atoms with Gasteiger partial charge in [0.1, 0.15) is 0 Å². The highest BCUT2D eigenvalue weighted by Crippen LogP contribution is 2.34. The molecule has 2 heterocycles. The summed E-state index contributed by atoms with van der Waals surface area (Å²) in [5.41, 5.74) is 3.81. The van der Waals surface area contributed by atoms with Gasteiger partial charge in [0.25, 0.3) is 5.56 Å². The Kier molecular flexibility index (Phi) is 6.85. The first kappa shape index (κ1) is 21.0. The maximum atomic E-state index is 12.9. The predicted octanol–water partition coefficient (Wildman–Crippen LogP) is 3.27. The Morgan fingerprint density at radius 1 is 1.43 bits per heavy atom. The van der Waals surface area contributed by atoms with E-state index in [0.29, 0.717) is 23.6 Å². The minimum Gasteiger partial charge on any atom is -0.383 e. The van der Waals surface area contributed by atoms with Crippen LogP contribution in [0.2, 0.25) is 0 Å². The molecule has 0 radical (unpaired) electrons. The molecular formula is C20H25N3O3S2. The summed E-state index contributed by atoms with van der Waals surface area (Å²) in [5, 5.41) is 3.88. The van der Waals surface area contributed by atoms with Crippen LogP contribution in [0.5, 0.6) is 0 Å². The molecule has 1 aromatic carbocycles. The van der Waals surface area contributed by atoms with Gasteiger partial charge in [-0.1, -0.05) is 30.8 Å². The molecule has 1 amide bonds. The Morgan fingerprint density at radius 2 is 2.21 bits per heavy atom. The van der Waals surface area contributed by atoms with E-state index in [9.17, 15) is 9.59 Å². The van der Waals surface area contributed by atoms with Crippen molar-refractivity contribution in [2.24, 2.45) is 0 Å². The molecule has 0 saturated carbocycles. The largest absolute Gasteiger partial charge is 0.383 e. The number of fused-ring (bicyclic) bond motifs is 1. The minimum atomic E-state index is -0.116. The molecule has 1 atom stereocenters. The van der Waals surface area contributed by atoms with Crippen molar-refractivity contribution in [3.63, 3.8) is 0 Å². The lowest BCUT2D eigenvalue weighted by Crippen LogP contribution is -2.27. The quantitative estimate of drug-likeness (QED) is 0.548. The van der Waals surface area contributed by atoms with Crippen molar-refractivity contribution >= 4 is 35.1 Å². The van der Waals surface area contributed by atoms with E-state index >= 15 is 0 Å². The van der Waals surface area contributed by atoms with Gasteiger partial charge in [-0.3, -0.25) is 14.2 Å². The minimum absolute atomic E-state index is 0.0335. The first-order valence-electron chi connectivity index (χ1n) is 9.19. The molecule has 0 unspecified atom stereocenters. The molecule has 28 heavy (non-hydrogen) atoms. The highest BCUT2D eigenvalue weighted by molar-refractivity contribution is 8.00. The van der Waals surface area contributed by atoms with Crippen molar-refractivity contribution < 1.29 is 9.53 Å². The first-order valence-corrected chi connectivity index (χ1v) is 11.1. The van der Waals surface area contributed by atoms with Crippen molar-refractivity contribution in [3.05, 3.63) is 45.4 Å². The summed E-state index contributed by atoms with van der Waals surface area (Å²) in [6.45, 7) is 6.94. The van der Waals surface area contributed by atoms with E-state index in [0.717, 1.165) is 33.8 Å². The van der Waals surface area contributed by atoms with Crippen LogP contribution in [-0.4, -0.2) is 40.2 Å². The number of aromatic nitrogens is 2. The van der Waals surface area contributed by atoms with Crippen LogP contribution in [0.3, 0.4) is 0 Å². The Morgan fingerprint density at radius 3 is 2.96 bits per heavy atom. The number of nitrogens with one attached hydrogen (secondary N) is 1. The molecular weight excluding hydrogens is 394 g/mol. The topological polar surface area (TPSA) is 73.2 Å². The summed E-state index contributed by atoms with van der Waals surface area (Å²) in [6.07, 6.45) is 0.780. The first-order chi connectivity index (χ1) is 13.4. The maximum Gasteiger partial charge on any atom is 0.268 e. The van der Waals surface area contributed by atoms with E-state index in [4.69, 9.17) is 9.72 Å². The van der Waals surface area contributed by atoms with Crippen LogP contribution in [0.4, 0.5) is 5.69 Å². The predicted molar refractivity (Wildman–Crippen MR) is 115 cm³/mol. The standard InChI is InChI=1S/C20H25N3O3S2/c1-12-6-5-7-15(14(12)3)21-17(24)11-27-20-22-16-10-13(2)28-18(16)19(25)23(20)8-9-26-4/h5-7,13H,8-11H2,1-4H3,(H,21,24)/t13-/m1/s1. The highest BCUT2D eigenvalue weighted by Gasteiger charge is 2.26. The normalized spacial score (nSPS) is 15.5. The number of ether oxygens (including phenoxy) is 1. The fourth-order valence-corrected chi connectivity index (χ4v) is 4.98. The second kappa shape index (κ2) is 9.15. The second-order valence-corrected chi connectivity index (χ2v) is 9.23. The van der Waals surface area contributed by atoms with Gasteiger partial charge in [-0.25, -0.2) is 4.98 Å². The third kappa shape index (κ3) is 4.61. The van der Waals surface area contributed by atoms with Crippen molar-refractivity contribution in [2.45, 2.75) is 49.0 Å². The van der Waals surface area contributed by atoms with Crippen LogP contribution in [0, 0.1) is 13.8 Å². The van der Waals surface area contributed by atoms with E-state index in [1.165, 1.54) is 11.8 Å². The second-order valence-electron chi connectivity index (χ2n) is 6.84. The van der Waals surface area contributed by atoms with E-state index < -0.39 is 0 Å². The summed E-state index contributed by atoms with van der Waals surface area (Å²) in [4.78, 5) is 30.8. The average molecular weight is 420 g/mol. The molecule has 0 fully saturated rings. The van der Waals surface area contributed by atoms with Crippen LogP contribution >= 0.6 is 23.5 Å². The van der Waals surface area contributed by atoms with E-state index in [1.807, 2.05) is 32.0 Å². The van der Waals surface area contributed by atoms with Gasteiger partial charge in [-0.05, 0) is 31.0 Å². The number of benzene rings is 1. The van der Waals surface area contributed by atoms with Crippen LogP contribution in [-0.2, 0) is 22.5 Å². The number of carbonyl (C=O) groups excluding carboxylic acids is 1. The molecule has 3 rings (SSSR count). The van der Waals surface area contributed by atoms with Gasteiger partial charge in [-0.2, -0.15) is 0 Å². The highest BCUT2D eigenvalue weighted by atomic mass is 32.2. The monoisotopic (exact) mass is 419 g/mol. The van der Waals surface area contributed by atoms with Gasteiger partial charge in [0.2, 0.25) is 5.91 Å². The molecule has 0 bridgehead atoms. The average Bonchev–Trinajstić information content (AvgIpc) is 3.04. The molecule has 1 aromatic heterocycles. The molecule has 0 saturated heterocycles. The number of anilines is 1. The lowest BCUT2D eigenvalue weighted by atomic mass is 10.1. The molecule has 8 heteroatoms. The zero-order chi connectivity index (χ0) is 20.3. The van der Waals surface area contributed by atoms with E-state index in [1.54, 1.807) is 23.4 Å². The smallest absolute Gasteiger partial charge is 0.268 e. The lowest BCUT2D eigenvalue weighted by molar-refractivity contribution is -0.113. The van der Waals surface area contributed by atoms with Crippen molar-refractivity contribution in [3.8, 4) is 0 Å². The molecule has 1 N–H and O–H groups in total. The molecule has 1 aliphatic rings. The van der Waals surface area contributed by atoms with Gasteiger partial charge in [0, 0.05) is 24.5 Å². The fourth-order valence-electron chi connectivity index (χ4n) is 3.02. The summed E-state index contributed by atoms with van der Waals surface area (Å²) >= 11 is 2.87. The number of hydrogen-bond donors (Lipinski definition) is 1. The third-order valence-corrected chi connectivity index (χ3v) is 6.88. The molecule has 0 aliphatic carbocycles. The van der Waals surface area contributed by atoms with Crippen molar-refractivity contribution in [2.75, 3.05) is 24.8 Å². The van der Waals surface area contributed by atoms with Crippen LogP contribution in [0.1, 0.15) is 23.7 Å². The number of amides is 1. The molecule has 6 nitrogen and oxygen atoms in total. The molecule has 2 aromatic rings. The SMILES string of the molecule is COCCn1c(SCC(=O)Nc2cccc(C)c2C)nc2c(c1=O)S[C@H](C)C2. The van der Waals surface area contributed by atoms with Gasteiger partial charge in [-0.15, -0.1) is 11.8 Å².